The van der Waals surface area contributed by atoms with E-state index < -0.39 is 12.1 Å². The van der Waals surface area contributed by atoms with Crippen LogP contribution in [-0.2, 0) is 16.0 Å². The third-order valence-electron chi connectivity index (χ3n) is 4.75. The number of nitrogens with two attached hydrogens (primary N) is 1. The van der Waals surface area contributed by atoms with Crippen LogP contribution in [-0.4, -0.2) is 41.0 Å². The number of ether oxygens (including phenoxy) is 1. The van der Waals surface area contributed by atoms with Crippen molar-refractivity contribution in [2.75, 3.05) is 18.5 Å². The highest BCUT2D eigenvalue weighted by Crippen LogP contribution is 2.25. The Hall–Kier alpha value is -2.87. The van der Waals surface area contributed by atoms with Crippen molar-refractivity contribution in [3.8, 4) is 0 Å². The first-order valence-electron chi connectivity index (χ1n) is 9.07. The van der Waals surface area contributed by atoms with E-state index in [1.165, 1.54) is 0 Å². The van der Waals surface area contributed by atoms with Gasteiger partial charge in [0.25, 0.3) is 0 Å². The third kappa shape index (κ3) is 4.85. The maximum Gasteiger partial charge on any atom is 0.312 e. The average Bonchev–Trinajstić information content (AvgIpc) is 3.03. The first kappa shape index (κ1) is 18.9. The lowest BCUT2D eigenvalue weighted by molar-refractivity contribution is -0.117. The summed E-state index contributed by atoms with van der Waals surface area (Å²) in [5.74, 6) is -0.327. The van der Waals surface area contributed by atoms with Crippen molar-refractivity contribution in [2.24, 2.45) is 5.73 Å². The molecule has 4 N–H and O–H groups in total. The number of aromatic nitrogens is 2. The Morgan fingerprint density at radius 3 is 2.67 bits per heavy atom. The monoisotopic (exact) mass is 371 g/mol. The van der Waals surface area contributed by atoms with Crippen molar-refractivity contribution in [1.82, 2.24) is 15.1 Å². The van der Waals surface area contributed by atoms with Gasteiger partial charge >= 0.3 is 6.03 Å². The molecule has 1 aliphatic rings. The predicted octanol–water partition coefficient (Wildman–Crippen LogP) is 1.76. The number of amides is 3. The van der Waals surface area contributed by atoms with Gasteiger partial charge in [-0.25, -0.2) is 4.79 Å². The Balaban J connectivity index is 1.71. The van der Waals surface area contributed by atoms with Gasteiger partial charge in [0, 0.05) is 19.6 Å². The molecule has 144 valence electrons. The topological polar surface area (TPSA) is 111 Å². The van der Waals surface area contributed by atoms with Crippen LogP contribution >= 0.6 is 0 Å². The molecule has 8 nitrogen and oxygen atoms in total. The summed E-state index contributed by atoms with van der Waals surface area (Å²) in [5.41, 5.74) is 7.70. The second-order valence-corrected chi connectivity index (χ2v) is 6.67. The van der Waals surface area contributed by atoms with Crippen LogP contribution in [0.5, 0.6) is 0 Å². The van der Waals surface area contributed by atoms with Crippen LogP contribution in [0.15, 0.2) is 36.5 Å². The summed E-state index contributed by atoms with van der Waals surface area (Å²) in [4.78, 5) is 24.1. The van der Waals surface area contributed by atoms with Gasteiger partial charge in [-0.2, -0.15) is 5.10 Å². The van der Waals surface area contributed by atoms with Crippen LogP contribution in [0.25, 0.3) is 0 Å². The molecule has 1 fully saturated rings. The number of urea groups is 1. The van der Waals surface area contributed by atoms with E-state index in [9.17, 15) is 9.59 Å². The second kappa shape index (κ2) is 8.68. The van der Waals surface area contributed by atoms with Gasteiger partial charge in [0.05, 0.1) is 23.6 Å². The van der Waals surface area contributed by atoms with E-state index in [-0.39, 0.29) is 11.9 Å². The summed E-state index contributed by atoms with van der Waals surface area (Å²) in [6, 6.07) is 8.24. The van der Waals surface area contributed by atoms with Crippen LogP contribution in [0, 0.1) is 6.92 Å². The summed E-state index contributed by atoms with van der Waals surface area (Å²) in [7, 11) is 0. The molecular formula is C19H25N5O3. The van der Waals surface area contributed by atoms with Gasteiger partial charge in [-0.1, -0.05) is 30.3 Å². The zero-order valence-electron chi connectivity index (χ0n) is 15.4. The van der Waals surface area contributed by atoms with E-state index in [1.807, 2.05) is 41.9 Å². The highest BCUT2D eigenvalue weighted by Gasteiger charge is 2.24. The van der Waals surface area contributed by atoms with Gasteiger partial charge in [-0.05, 0) is 25.3 Å². The van der Waals surface area contributed by atoms with Gasteiger partial charge in [-0.3, -0.25) is 9.48 Å². The van der Waals surface area contributed by atoms with Crippen molar-refractivity contribution < 1.29 is 14.3 Å². The first-order valence-corrected chi connectivity index (χ1v) is 9.07. The molecule has 1 saturated heterocycles. The number of hydrogen-bond donors (Lipinski definition) is 3. The average molecular weight is 371 g/mol. The molecule has 2 aromatic rings. The molecule has 1 aromatic heterocycles. The molecule has 2 heterocycles. The Bertz CT molecular complexity index is 784. The number of hydrogen-bond acceptors (Lipinski definition) is 4. The number of nitrogens with zero attached hydrogens (tertiary/aromatic N) is 2. The minimum absolute atomic E-state index is 0.272. The Labute approximate surface area is 158 Å². The number of carbonyl (C=O) groups is 2. The summed E-state index contributed by atoms with van der Waals surface area (Å²) >= 11 is 0. The standard InChI is InChI=1S/C19H25N5O3/c1-13-17(12-21-24(13)15-7-9-27-10-8-15)22-18(25)16(23-19(20)26)11-14-5-3-2-4-6-14/h2-6,12,15-16H,7-11H2,1H3,(H,22,25)(H3,20,23,26). The van der Waals surface area contributed by atoms with E-state index in [0.717, 1.165) is 24.1 Å². The van der Waals surface area contributed by atoms with Crippen molar-refractivity contribution >= 4 is 17.6 Å². The highest BCUT2D eigenvalue weighted by atomic mass is 16.5. The van der Waals surface area contributed by atoms with Crippen molar-refractivity contribution in [2.45, 2.75) is 38.3 Å². The quantitative estimate of drug-likeness (QED) is 0.718. The van der Waals surface area contributed by atoms with Crippen molar-refractivity contribution in [3.63, 3.8) is 0 Å². The van der Waals surface area contributed by atoms with Crippen LogP contribution in [0.2, 0.25) is 0 Å². The van der Waals surface area contributed by atoms with E-state index >= 15 is 0 Å². The molecular weight excluding hydrogens is 346 g/mol. The maximum atomic E-state index is 12.8. The SMILES string of the molecule is Cc1c(NC(=O)C(Cc2ccccc2)NC(N)=O)cnn1C1CCOCC1. The summed E-state index contributed by atoms with van der Waals surface area (Å²) in [6.07, 6.45) is 3.79. The molecule has 3 amide bonds. The highest BCUT2D eigenvalue weighted by molar-refractivity contribution is 5.97. The molecule has 1 unspecified atom stereocenters. The number of primary amides is 1. The summed E-state index contributed by atoms with van der Waals surface area (Å²) in [5, 5.41) is 9.82. The van der Waals surface area contributed by atoms with Gasteiger partial charge in [0.2, 0.25) is 5.91 Å². The predicted molar refractivity (Wildman–Crippen MR) is 101 cm³/mol. The third-order valence-corrected chi connectivity index (χ3v) is 4.75. The minimum atomic E-state index is -0.768. The maximum absolute atomic E-state index is 12.8. The second-order valence-electron chi connectivity index (χ2n) is 6.67. The molecule has 0 bridgehead atoms. The van der Waals surface area contributed by atoms with E-state index in [2.05, 4.69) is 15.7 Å². The first-order chi connectivity index (χ1) is 13.0. The zero-order chi connectivity index (χ0) is 19.2. The van der Waals surface area contributed by atoms with Gasteiger partial charge < -0.3 is 21.1 Å². The molecule has 8 heteroatoms. The molecule has 1 atom stereocenters. The zero-order valence-corrected chi connectivity index (χ0v) is 15.4. The molecule has 0 spiro atoms. The number of carbonyl (C=O) groups excluding carboxylic acids is 2. The fourth-order valence-corrected chi connectivity index (χ4v) is 3.29. The lowest BCUT2D eigenvalue weighted by Gasteiger charge is -2.23. The number of benzene rings is 1. The van der Waals surface area contributed by atoms with Crippen LogP contribution in [0.3, 0.4) is 0 Å². The van der Waals surface area contributed by atoms with Crippen LogP contribution in [0.1, 0.15) is 30.1 Å². The van der Waals surface area contributed by atoms with Gasteiger partial charge in [0.15, 0.2) is 0 Å². The largest absolute Gasteiger partial charge is 0.381 e. The van der Waals surface area contributed by atoms with Crippen LogP contribution in [0.4, 0.5) is 10.5 Å². The van der Waals surface area contributed by atoms with Crippen molar-refractivity contribution in [1.29, 1.82) is 0 Å². The minimum Gasteiger partial charge on any atom is -0.381 e. The molecule has 0 saturated carbocycles. The van der Waals surface area contributed by atoms with E-state index in [0.29, 0.717) is 25.3 Å². The molecule has 27 heavy (non-hydrogen) atoms. The van der Waals surface area contributed by atoms with Crippen molar-refractivity contribution in [3.05, 3.63) is 47.8 Å². The van der Waals surface area contributed by atoms with Gasteiger partial charge in [0.1, 0.15) is 6.04 Å². The normalized spacial score (nSPS) is 15.9. The Morgan fingerprint density at radius 1 is 1.30 bits per heavy atom. The molecule has 0 aliphatic carbocycles. The Morgan fingerprint density at radius 2 is 2.00 bits per heavy atom. The van der Waals surface area contributed by atoms with Crippen LogP contribution < -0.4 is 16.4 Å². The molecule has 0 radical (unpaired) electrons. The molecule has 1 aliphatic heterocycles. The summed E-state index contributed by atoms with van der Waals surface area (Å²) < 4.78 is 7.33. The lowest BCUT2D eigenvalue weighted by atomic mass is 10.1. The number of nitrogens with one attached hydrogen (secondary N) is 2. The smallest absolute Gasteiger partial charge is 0.312 e. The van der Waals surface area contributed by atoms with E-state index in [1.54, 1.807) is 6.20 Å². The van der Waals surface area contributed by atoms with E-state index in [4.69, 9.17) is 10.5 Å². The lowest BCUT2D eigenvalue weighted by Crippen LogP contribution is -2.47. The molecule has 1 aromatic carbocycles. The Kier molecular flexibility index (Phi) is 6.08. The fraction of sp³-hybridized carbons (Fsp3) is 0.421. The number of anilines is 1. The fourth-order valence-electron chi connectivity index (χ4n) is 3.29. The molecule has 3 rings (SSSR count). The summed E-state index contributed by atoms with van der Waals surface area (Å²) in [6.45, 7) is 3.35. The van der Waals surface area contributed by atoms with Gasteiger partial charge in [-0.15, -0.1) is 0 Å². The number of rotatable bonds is 6.